The molecule has 0 bridgehead atoms. The Morgan fingerprint density at radius 2 is 2.05 bits per heavy atom. The van der Waals surface area contributed by atoms with Crippen molar-refractivity contribution in [3.63, 3.8) is 0 Å². The van der Waals surface area contributed by atoms with E-state index in [1.807, 2.05) is 18.2 Å². The molecule has 0 atom stereocenters. The quantitative estimate of drug-likeness (QED) is 0.790. The summed E-state index contributed by atoms with van der Waals surface area (Å²) in [7, 11) is 0. The molecule has 0 unspecified atom stereocenters. The number of hydrogen-bond acceptors (Lipinski definition) is 2. The van der Waals surface area contributed by atoms with Gasteiger partial charge in [-0.2, -0.15) is 0 Å². The van der Waals surface area contributed by atoms with Crippen molar-refractivity contribution in [2.45, 2.75) is 26.3 Å². The molecule has 0 saturated carbocycles. The van der Waals surface area contributed by atoms with Gasteiger partial charge in [0.1, 0.15) is 0 Å². The van der Waals surface area contributed by atoms with E-state index in [4.69, 9.17) is 4.74 Å². The van der Waals surface area contributed by atoms with Crippen molar-refractivity contribution in [3.8, 4) is 0 Å². The number of ketones is 1. The summed E-state index contributed by atoms with van der Waals surface area (Å²) >= 11 is 0. The second kappa shape index (κ2) is 5.17. The summed E-state index contributed by atoms with van der Waals surface area (Å²) < 4.78 is 7.60. The normalized spacial score (nSPS) is 16.9. The van der Waals surface area contributed by atoms with Crippen LogP contribution in [0.2, 0.25) is 0 Å². The summed E-state index contributed by atoms with van der Waals surface area (Å²) in [6.45, 7) is 4.26. The van der Waals surface area contributed by atoms with E-state index < -0.39 is 0 Å². The number of carbonyl (C=O) groups excluding carboxylic acids is 1. The molecule has 2 aromatic rings. The highest BCUT2D eigenvalue weighted by atomic mass is 16.5. The van der Waals surface area contributed by atoms with Crippen molar-refractivity contribution in [1.82, 2.24) is 4.57 Å². The van der Waals surface area contributed by atoms with Crippen molar-refractivity contribution in [2.24, 2.45) is 5.92 Å². The number of benzene rings is 1. The average molecular weight is 257 g/mol. The third kappa shape index (κ3) is 2.43. The van der Waals surface area contributed by atoms with E-state index in [1.165, 1.54) is 5.52 Å². The minimum Gasteiger partial charge on any atom is -0.381 e. The number of hydrogen-bond donors (Lipinski definition) is 0. The molecule has 3 rings (SSSR count). The molecule has 1 aliphatic rings. The number of Topliss-reactive ketones (excluding diaryl/α,β-unsaturated/α-hetero) is 1. The molecule has 1 saturated heterocycles. The Bertz CT molecular complexity index is 594. The molecule has 0 amide bonds. The van der Waals surface area contributed by atoms with Gasteiger partial charge in [-0.15, -0.1) is 0 Å². The summed E-state index contributed by atoms with van der Waals surface area (Å²) in [5.74, 6) is 0.755. The molecule has 0 spiro atoms. The van der Waals surface area contributed by atoms with E-state index in [2.05, 4.69) is 16.7 Å². The number of aromatic nitrogens is 1. The first-order chi connectivity index (χ1) is 9.25. The van der Waals surface area contributed by atoms with Gasteiger partial charge in [-0.3, -0.25) is 4.79 Å². The lowest BCUT2D eigenvalue weighted by Crippen LogP contribution is -2.21. The van der Waals surface area contributed by atoms with Gasteiger partial charge in [-0.05, 0) is 30.9 Å². The standard InChI is InChI=1S/C16H19NO2/c1-12(18)16-10-14-4-2-3-5-15(14)17(16)11-13-6-8-19-9-7-13/h2-5,10,13H,6-9,11H2,1H3. The lowest BCUT2D eigenvalue weighted by molar-refractivity contribution is 0.0613. The summed E-state index contributed by atoms with van der Waals surface area (Å²) in [4.78, 5) is 11.8. The molecule has 2 heterocycles. The zero-order chi connectivity index (χ0) is 13.2. The highest BCUT2D eigenvalue weighted by Gasteiger charge is 2.18. The molecule has 100 valence electrons. The summed E-state index contributed by atoms with van der Waals surface area (Å²) in [6, 6.07) is 10.2. The topological polar surface area (TPSA) is 31.2 Å². The number of carbonyl (C=O) groups is 1. The minimum absolute atomic E-state index is 0.142. The van der Waals surface area contributed by atoms with Crippen LogP contribution >= 0.6 is 0 Å². The van der Waals surface area contributed by atoms with Crippen molar-refractivity contribution in [2.75, 3.05) is 13.2 Å². The van der Waals surface area contributed by atoms with Gasteiger partial charge in [-0.25, -0.2) is 0 Å². The molecule has 1 aliphatic heterocycles. The van der Waals surface area contributed by atoms with E-state index in [1.54, 1.807) is 6.92 Å². The van der Waals surface area contributed by atoms with Gasteiger partial charge in [-0.1, -0.05) is 18.2 Å². The number of rotatable bonds is 3. The van der Waals surface area contributed by atoms with Crippen molar-refractivity contribution in [3.05, 3.63) is 36.0 Å². The van der Waals surface area contributed by atoms with Crippen LogP contribution in [0.5, 0.6) is 0 Å². The van der Waals surface area contributed by atoms with E-state index in [0.29, 0.717) is 5.92 Å². The maximum absolute atomic E-state index is 11.8. The van der Waals surface area contributed by atoms with Crippen LogP contribution in [0.4, 0.5) is 0 Å². The zero-order valence-corrected chi connectivity index (χ0v) is 11.3. The van der Waals surface area contributed by atoms with Crippen molar-refractivity contribution < 1.29 is 9.53 Å². The summed E-state index contributed by atoms with van der Waals surface area (Å²) in [5.41, 5.74) is 1.99. The Morgan fingerprint density at radius 3 is 2.79 bits per heavy atom. The first-order valence-corrected chi connectivity index (χ1v) is 6.92. The molecular formula is C16H19NO2. The van der Waals surface area contributed by atoms with Gasteiger partial charge in [0.05, 0.1) is 5.69 Å². The fourth-order valence-corrected chi connectivity index (χ4v) is 2.89. The Hall–Kier alpha value is -1.61. The Balaban J connectivity index is 1.99. The van der Waals surface area contributed by atoms with Crippen molar-refractivity contribution >= 4 is 16.7 Å². The van der Waals surface area contributed by atoms with Crippen LogP contribution in [-0.4, -0.2) is 23.6 Å². The van der Waals surface area contributed by atoms with Gasteiger partial charge in [0, 0.05) is 37.6 Å². The lowest BCUT2D eigenvalue weighted by atomic mass is 10.00. The van der Waals surface area contributed by atoms with Crippen LogP contribution < -0.4 is 0 Å². The molecule has 3 heteroatoms. The number of fused-ring (bicyclic) bond motifs is 1. The second-order valence-electron chi connectivity index (χ2n) is 5.31. The first-order valence-electron chi connectivity index (χ1n) is 6.92. The smallest absolute Gasteiger partial charge is 0.176 e. The van der Waals surface area contributed by atoms with Crippen LogP contribution in [0.3, 0.4) is 0 Å². The molecule has 1 aromatic carbocycles. The highest BCUT2D eigenvalue weighted by Crippen LogP contribution is 2.24. The van der Waals surface area contributed by atoms with Gasteiger partial charge >= 0.3 is 0 Å². The van der Waals surface area contributed by atoms with E-state index in [-0.39, 0.29) is 5.78 Å². The fraction of sp³-hybridized carbons (Fsp3) is 0.438. The molecule has 1 fully saturated rings. The molecule has 0 radical (unpaired) electrons. The van der Waals surface area contributed by atoms with Crippen LogP contribution in [0.1, 0.15) is 30.3 Å². The molecular weight excluding hydrogens is 238 g/mol. The molecule has 3 nitrogen and oxygen atoms in total. The van der Waals surface area contributed by atoms with Crippen LogP contribution in [0, 0.1) is 5.92 Å². The average Bonchev–Trinajstić information content (AvgIpc) is 2.79. The first kappa shape index (κ1) is 12.4. The van der Waals surface area contributed by atoms with Crippen LogP contribution in [0.25, 0.3) is 10.9 Å². The van der Waals surface area contributed by atoms with Gasteiger partial charge in [0.2, 0.25) is 0 Å². The second-order valence-corrected chi connectivity index (χ2v) is 5.31. The minimum atomic E-state index is 0.142. The number of ether oxygens (including phenoxy) is 1. The monoisotopic (exact) mass is 257 g/mol. The van der Waals surface area contributed by atoms with Gasteiger partial charge < -0.3 is 9.30 Å². The van der Waals surface area contributed by atoms with Crippen LogP contribution in [-0.2, 0) is 11.3 Å². The van der Waals surface area contributed by atoms with E-state index in [9.17, 15) is 4.79 Å². The SMILES string of the molecule is CC(=O)c1cc2ccccc2n1CC1CCOCC1. The maximum atomic E-state index is 11.8. The lowest BCUT2D eigenvalue weighted by Gasteiger charge is -2.23. The number of nitrogens with zero attached hydrogens (tertiary/aromatic N) is 1. The zero-order valence-electron chi connectivity index (χ0n) is 11.3. The third-order valence-corrected chi connectivity index (χ3v) is 3.95. The van der Waals surface area contributed by atoms with E-state index in [0.717, 1.165) is 43.7 Å². The third-order valence-electron chi connectivity index (χ3n) is 3.95. The molecule has 1 aromatic heterocycles. The summed E-state index contributed by atoms with van der Waals surface area (Å²) in [6.07, 6.45) is 2.17. The van der Waals surface area contributed by atoms with Gasteiger partial charge in [0.15, 0.2) is 5.78 Å². The number of para-hydroxylation sites is 1. The predicted molar refractivity (Wildman–Crippen MR) is 75.5 cm³/mol. The van der Waals surface area contributed by atoms with Gasteiger partial charge in [0.25, 0.3) is 0 Å². The van der Waals surface area contributed by atoms with E-state index >= 15 is 0 Å². The maximum Gasteiger partial charge on any atom is 0.176 e. The molecule has 19 heavy (non-hydrogen) atoms. The predicted octanol–water partition coefficient (Wildman–Crippen LogP) is 3.27. The largest absolute Gasteiger partial charge is 0.381 e. The molecule has 0 aliphatic carbocycles. The highest BCUT2D eigenvalue weighted by molar-refractivity contribution is 5.98. The fourth-order valence-electron chi connectivity index (χ4n) is 2.89. The Labute approximate surface area is 113 Å². The van der Waals surface area contributed by atoms with Crippen molar-refractivity contribution in [1.29, 1.82) is 0 Å². The summed E-state index contributed by atoms with van der Waals surface area (Å²) in [5, 5.41) is 1.15. The Kier molecular flexibility index (Phi) is 3.38. The Morgan fingerprint density at radius 1 is 1.32 bits per heavy atom. The van der Waals surface area contributed by atoms with Crippen LogP contribution in [0.15, 0.2) is 30.3 Å². The molecule has 0 N–H and O–H groups in total.